The van der Waals surface area contributed by atoms with Crippen LogP contribution in [0.15, 0.2) is 0 Å². The fraction of sp³-hybridized carbons (Fsp3) is 0.684. The average Bonchev–Trinajstić information content (AvgIpc) is 3.37. The summed E-state index contributed by atoms with van der Waals surface area (Å²) in [5.41, 5.74) is 2.92. The highest BCUT2D eigenvalue weighted by Crippen LogP contribution is 2.41. The van der Waals surface area contributed by atoms with E-state index in [9.17, 15) is 14.4 Å². The summed E-state index contributed by atoms with van der Waals surface area (Å²) in [6.07, 6.45) is 2.87. The van der Waals surface area contributed by atoms with E-state index < -0.39 is 0 Å². The normalized spacial score (nSPS) is 28.9. The van der Waals surface area contributed by atoms with E-state index >= 15 is 0 Å². The first-order chi connectivity index (χ1) is 12.8. The van der Waals surface area contributed by atoms with Crippen molar-refractivity contribution in [2.24, 2.45) is 18.9 Å². The Kier molecular flexibility index (Phi) is 4.24. The molecule has 27 heavy (non-hydrogen) atoms. The molecule has 0 bridgehead atoms. The number of hydrogen-bond donors (Lipinski definition) is 1. The van der Waals surface area contributed by atoms with Gasteiger partial charge in [0.05, 0.1) is 11.7 Å². The van der Waals surface area contributed by atoms with Crippen LogP contribution >= 0.6 is 0 Å². The summed E-state index contributed by atoms with van der Waals surface area (Å²) in [5.74, 6) is 0.230. The van der Waals surface area contributed by atoms with Crippen LogP contribution in [0.3, 0.4) is 0 Å². The number of nitrogens with zero attached hydrogens (tertiary/aromatic N) is 4. The lowest BCUT2D eigenvalue weighted by atomic mass is 9.91. The highest BCUT2D eigenvalue weighted by Gasteiger charge is 2.45. The van der Waals surface area contributed by atoms with Gasteiger partial charge in [0.1, 0.15) is 0 Å². The van der Waals surface area contributed by atoms with Crippen molar-refractivity contribution in [2.75, 3.05) is 13.6 Å². The topological polar surface area (TPSA) is 87.5 Å². The van der Waals surface area contributed by atoms with Crippen LogP contribution in [0.25, 0.3) is 0 Å². The van der Waals surface area contributed by atoms with Crippen LogP contribution < -0.4 is 5.32 Å². The Bertz CT molecular complexity index is 795. The smallest absolute Gasteiger partial charge is 0.324 e. The zero-order valence-electron chi connectivity index (χ0n) is 16.4. The number of amides is 4. The van der Waals surface area contributed by atoms with Gasteiger partial charge in [-0.05, 0) is 32.6 Å². The Morgan fingerprint density at radius 1 is 1.07 bits per heavy atom. The van der Waals surface area contributed by atoms with Gasteiger partial charge in [-0.15, -0.1) is 0 Å². The molecule has 0 aromatic carbocycles. The minimum Gasteiger partial charge on any atom is -0.338 e. The molecule has 1 unspecified atom stereocenters. The molecule has 3 fully saturated rings. The van der Waals surface area contributed by atoms with E-state index in [4.69, 9.17) is 0 Å². The molecular weight excluding hydrogens is 346 g/mol. The standard InChI is InChI=1S/C19H27N5O3/c1-10-17(11(2)23(4)21-10)18-13(7-15(25)22(18)3)9-24-16(26)8-14(12-5-6-12)20-19(24)27/h12-14,18H,5-9H2,1-4H3,(H,20,27)/t13-,14?,18+/m1/s1. The summed E-state index contributed by atoms with van der Waals surface area (Å²) in [4.78, 5) is 40.7. The number of nitrogens with one attached hydrogen (secondary N) is 1. The second kappa shape index (κ2) is 6.35. The molecule has 8 nitrogen and oxygen atoms in total. The number of rotatable bonds is 4. The van der Waals surface area contributed by atoms with Crippen molar-refractivity contribution < 1.29 is 14.4 Å². The lowest BCUT2D eigenvalue weighted by Crippen LogP contribution is -2.56. The van der Waals surface area contributed by atoms with E-state index in [1.165, 1.54) is 4.90 Å². The average molecular weight is 373 g/mol. The number of carbonyl (C=O) groups is 3. The molecule has 2 saturated heterocycles. The van der Waals surface area contributed by atoms with Gasteiger partial charge in [0.25, 0.3) is 0 Å². The number of carbonyl (C=O) groups excluding carboxylic acids is 3. The van der Waals surface area contributed by atoms with Crippen LogP contribution in [0.4, 0.5) is 4.79 Å². The molecule has 2 aliphatic heterocycles. The van der Waals surface area contributed by atoms with Gasteiger partial charge < -0.3 is 10.2 Å². The third-order valence-corrected chi connectivity index (χ3v) is 6.41. The zero-order chi connectivity index (χ0) is 19.5. The second-order valence-electron chi connectivity index (χ2n) is 8.22. The molecule has 0 spiro atoms. The predicted molar refractivity (Wildman–Crippen MR) is 97.7 cm³/mol. The van der Waals surface area contributed by atoms with Crippen LogP contribution in [0, 0.1) is 25.7 Å². The van der Waals surface area contributed by atoms with Gasteiger partial charge >= 0.3 is 6.03 Å². The first-order valence-electron chi connectivity index (χ1n) is 9.64. The Morgan fingerprint density at radius 3 is 2.33 bits per heavy atom. The lowest BCUT2D eigenvalue weighted by Gasteiger charge is -2.34. The first kappa shape index (κ1) is 18.0. The van der Waals surface area contributed by atoms with Crippen LogP contribution in [-0.2, 0) is 16.6 Å². The molecule has 3 heterocycles. The van der Waals surface area contributed by atoms with Gasteiger partial charge in [-0.2, -0.15) is 5.10 Å². The van der Waals surface area contributed by atoms with Crippen LogP contribution in [-0.4, -0.2) is 57.1 Å². The van der Waals surface area contributed by atoms with Crippen molar-refractivity contribution >= 4 is 17.8 Å². The third kappa shape index (κ3) is 3.00. The Morgan fingerprint density at radius 2 is 1.78 bits per heavy atom. The molecule has 3 atom stereocenters. The number of likely N-dealkylation sites (tertiary alicyclic amines) is 1. The molecule has 3 aliphatic rings. The van der Waals surface area contributed by atoms with E-state index in [-0.39, 0.29) is 42.4 Å². The fourth-order valence-corrected chi connectivity index (χ4v) is 4.66. The van der Waals surface area contributed by atoms with Gasteiger partial charge in [-0.1, -0.05) is 0 Å². The van der Waals surface area contributed by atoms with Crippen LogP contribution in [0.1, 0.15) is 48.7 Å². The number of aromatic nitrogens is 2. The molecule has 146 valence electrons. The van der Waals surface area contributed by atoms with Gasteiger partial charge in [0.2, 0.25) is 11.8 Å². The van der Waals surface area contributed by atoms with Gasteiger partial charge in [0, 0.05) is 56.7 Å². The summed E-state index contributed by atoms with van der Waals surface area (Å²) < 4.78 is 1.82. The van der Waals surface area contributed by atoms with Crippen molar-refractivity contribution in [3.63, 3.8) is 0 Å². The SMILES string of the molecule is Cc1nn(C)c(C)c1[C@@H]1[C@@H](CN2C(=O)CC(C3CC3)NC2=O)CC(=O)N1C. The van der Waals surface area contributed by atoms with E-state index in [2.05, 4.69) is 10.4 Å². The Hall–Kier alpha value is -2.38. The molecule has 0 radical (unpaired) electrons. The monoisotopic (exact) mass is 373 g/mol. The highest BCUT2D eigenvalue weighted by atomic mass is 16.2. The molecular formula is C19H27N5O3. The van der Waals surface area contributed by atoms with E-state index in [1.807, 2.05) is 25.6 Å². The van der Waals surface area contributed by atoms with Gasteiger partial charge in [0.15, 0.2) is 0 Å². The third-order valence-electron chi connectivity index (χ3n) is 6.41. The minimum atomic E-state index is -0.316. The van der Waals surface area contributed by atoms with Gasteiger partial charge in [-0.3, -0.25) is 19.2 Å². The first-order valence-corrected chi connectivity index (χ1v) is 9.64. The Balaban J connectivity index is 1.57. The fourth-order valence-electron chi connectivity index (χ4n) is 4.66. The maximum Gasteiger partial charge on any atom is 0.324 e. The maximum atomic E-state index is 12.6. The molecule has 1 aliphatic carbocycles. The molecule has 4 amide bonds. The summed E-state index contributed by atoms with van der Waals surface area (Å²) in [6, 6.07) is -0.510. The second-order valence-corrected chi connectivity index (χ2v) is 8.22. The molecule has 4 rings (SSSR count). The van der Waals surface area contributed by atoms with Gasteiger partial charge in [-0.25, -0.2) is 4.79 Å². The number of imide groups is 1. The zero-order valence-corrected chi connectivity index (χ0v) is 16.4. The maximum absolute atomic E-state index is 12.6. The largest absolute Gasteiger partial charge is 0.338 e. The predicted octanol–water partition coefficient (Wildman–Crippen LogP) is 1.28. The van der Waals surface area contributed by atoms with Crippen LogP contribution in [0.2, 0.25) is 0 Å². The summed E-state index contributed by atoms with van der Waals surface area (Å²) in [6.45, 7) is 4.19. The number of urea groups is 1. The quantitative estimate of drug-likeness (QED) is 0.861. The highest BCUT2D eigenvalue weighted by molar-refractivity contribution is 5.97. The summed E-state index contributed by atoms with van der Waals surface area (Å²) in [5, 5.41) is 7.47. The van der Waals surface area contributed by atoms with E-state index in [0.29, 0.717) is 18.8 Å². The molecule has 1 aromatic heterocycles. The van der Waals surface area contributed by atoms with Crippen molar-refractivity contribution in [1.82, 2.24) is 24.9 Å². The molecule has 1 N–H and O–H groups in total. The van der Waals surface area contributed by atoms with E-state index in [0.717, 1.165) is 29.8 Å². The summed E-state index contributed by atoms with van der Waals surface area (Å²) >= 11 is 0. The van der Waals surface area contributed by atoms with Crippen LogP contribution in [0.5, 0.6) is 0 Å². The van der Waals surface area contributed by atoms with Crippen molar-refractivity contribution in [3.05, 3.63) is 17.0 Å². The molecule has 8 heteroatoms. The number of aryl methyl sites for hydroxylation is 2. The lowest BCUT2D eigenvalue weighted by molar-refractivity contribution is -0.131. The van der Waals surface area contributed by atoms with E-state index in [1.54, 1.807) is 11.9 Å². The van der Waals surface area contributed by atoms with Crippen molar-refractivity contribution in [1.29, 1.82) is 0 Å². The Labute approximate surface area is 158 Å². The van der Waals surface area contributed by atoms with Crippen molar-refractivity contribution in [3.8, 4) is 0 Å². The number of hydrogen-bond acceptors (Lipinski definition) is 4. The molecule has 1 saturated carbocycles. The van der Waals surface area contributed by atoms with Crippen molar-refractivity contribution in [2.45, 2.75) is 51.6 Å². The summed E-state index contributed by atoms with van der Waals surface area (Å²) in [7, 11) is 3.68. The molecule has 1 aromatic rings. The minimum absolute atomic E-state index is 0.0206.